The second-order valence-electron chi connectivity index (χ2n) is 21.8. The van der Waals surface area contributed by atoms with Gasteiger partial charge in [-0.2, -0.15) is 0 Å². The summed E-state index contributed by atoms with van der Waals surface area (Å²) in [5, 5.41) is 76.1. The summed E-state index contributed by atoms with van der Waals surface area (Å²) in [5.41, 5.74) is 5.17. The topological polar surface area (TPSA) is 245 Å². The third-order valence-electron chi connectivity index (χ3n) is 15.5. The van der Waals surface area contributed by atoms with Crippen molar-refractivity contribution in [2.24, 2.45) is 0 Å². The molecule has 1 fully saturated rings. The molecule has 5 aliphatic rings. The number of phenols is 1. The Labute approximate surface area is 434 Å². The molecule has 74 heavy (non-hydrogen) atoms. The van der Waals surface area contributed by atoms with Crippen LogP contribution in [0.2, 0.25) is 0 Å². The van der Waals surface area contributed by atoms with E-state index in [1.54, 1.807) is 11.8 Å². The van der Waals surface area contributed by atoms with E-state index in [4.69, 9.17) is 23.7 Å². The van der Waals surface area contributed by atoms with E-state index in [1.165, 1.54) is 39.3 Å². The highest BCUT2D eigenvalue weighted by molar-refractivity contribution is 6.01. The number of phenolic OH excluding ortho intramolecular Hbond substituents is 1. The van der Waals surface area contributed by atoms with Crippen molar-refractivity contribution < 1.29 is 73.8 Å². The number of aromatic hydroxyl groups is 1. The minimum atomic E-state index is -1.77. The molecule has 17 nitrogen and oxygen atoms in total. The minimum absolute atomic E-state index is 0.000882. The van der Waals surface area contributed by atoms with Crippen molar-refractivity contribution in [1.29, 1.82) is 0 Å². The van der Waals surface area contributed by atoms with Crippen LogP contribution >= 0.6 is 0 Å². The lowest BCUT2D eigenvalue weighted by molar-refractivity contribution is -0.277. The van der Waals surface area contributed by atoms with Gasteiger partial charge in [-0.05, 0) is 125 Å². The fourth-order valence-corrected chi connectivity index (χ4v) is 10.7. The summed E-state index contributed by atoms with van der Waals surface area (Å²) in [5.74, 6) is -0.322. The highest BCUT2D eigenvalue weighted by Crippen LogP contribution is 2.49. The van der Waals surface area contributed by atoms with Crippen LogP contribution in [0.4, 0.5) is 0 Å². The maximum atomic E-state index is 14.6. The predicted octanol–water partition coefficient (Wildman–Crippen LogP) is 6.52. The molecule has 2 aromatic carbocycles. The number of rotatable bonds is 22. The van der Waals surface area contributed by atoms with Crippen LogP contribution < -0.4 is 14.2 Å². The van der Waals surface area contributed by atoms with Crippen LogP contribution in [0.15, 0.2) is 58.7 Å². The second kappa shape index (κ2) is 23.7. The monoisotopic (exact) mass is 1030 g/mol. The third kappa shape index (κ3) is 12.2. The van der Waals surface area contributed by atoms with Gasteiger partial charge in [-0.3, -0.25) is 19.3 Å². The first-order valence-electron chi connectivity index (χ1n) is 26.1. The number of benzene rings is 2. The largest absolute Gasteiger partial charge is 0.508 e. The number of fused-ring (bicyclic) bond motifs is 6. The lowest BCUT2D eigenvalue weighted by Gasteiger charge is -2.42. The zero-order chi connectivity index (χ0) is 53.8. The number of aliphatic hydroxyl groups excluding tert-OH is 6. The Bertz CT molecular complexity index is 2530. The zero-order valence-corrected chi connectivity index (χ0v) is 44.3. The van der Waals surface area contributed by atoms with Crippen LogP contribution in [0.3, 0.4) is 0 Å². The summed E-state index contributed by atoms with van der Waals surface area (Å²) in [4.78, 5) is 43.7. The second-order valence-corrected chi connectivity index (χ2v) is 21.8. The van der Waals surface area contributed by atoms with Crippen molar-refractivity contribution in [3.05, 3.63) is 92.1 Å². The van der Waals surface area contributed by atoms with Crippen molar-refractivity contribution >= 4 is 18.3 Å². The number of carbonyl (C=O) groups is 3. The van der Waals surface area contributed by atoms with Gasteiger partial charge in [0.1, 0.15) is 58.6 Å². The van der Waals surface area contributed by atoms with E-state index in [2.05, 4.69) is 65.8 Å². The first-order valence-corrected chi connectivity index (χ1v) is 26.1. The van der Waals surface area contributed by atoms with E-state index in [9.17, 15) is 50.1 Å². The van der Waals surface area contributed by atoms with Gasteiger partial charge in [0.05, 0.1) is 43.0 Å². The first kappa shape index (κ1) is 56.5. The van der Waals surface area contributed by atoms with Gasteiger partial charge in [-0.25, -0.2) is 0 Å². The van der Waals surface area contributed by atoms with Gasteiger partial charge in [-0.15, -0.1) is 0 Å². The molecule has 406 valence electrons. The molecule has 0 saturated carbocycles. The zero-order valence-electron chi connectivity index (χ0n) is 44.3. The Balaban J connectivity index is 1.08. The van der Waals surface area contributed by atoms with Gasteiger partial charge >= 0.3 is 0 Å². The summed E-state index contributed by atoms with van der Waals surface area (Å²) in [6.45, 7) is 16.0. The number of amides is 2. The molecule has 10 atom stereocenters. The highest BCUT2D eigenvalue weighted by atomic mass is 16.7. The quantitative estimate of drug-likeness (QED) is 0.0491. The Morgan fingerprint density at radius 1 is 0.730 bits per heavy atom. The molecule has 1 saturated heterocycles. The molecule has 0 spiro atoms. The van der Waals surface area contributed by atoms with Crippen molar-refractivity contribution in [2.75, 3.05) is 13.2 Å². The molecule has 7 rings (SSSR count). The van der Waals surface area contributed by atoms with Gasteiger partial charge in [0.15, 0.2) is 6.23 Å². The maximum absolute atomic E-state index is 14.6. The van der Waals surface area contributed by atoms with E-state index in [-0.39, 0.29) is 80.5 Å². The standard InChI is InChI=1S/C57H78N2O15/c1-32(2)14-9-16-34(5)18-11-21-56(7)45(63)26-38-42(62)24-36-40(51(38)73-56)28-58(53(36)68)23-13-20-47(70-31-61)59-29-41-37(54(59)69)25-43(71-55-50(67)49(66)48(65)44(30-60)72-55)39-27-46(64)57(8,74-52(39)41)22-12-19-35(6)17-10-15-33(3)4/h14-15,18-19,24-25,31,44-50,55,60,62-67H,9-13,16-17,20-23,26-30H2,1-8H3/b34-18+,35-19+/t44-,45+,46+,47?,48-,49+,50-,55-,56-,57-/m1/s1. The highest BCUT2D eigenvalue weighted by Gasteiger charge is 2.49. The molecular formula is C57H78N2O15. The van der Waals surface area contributed by atoms with Crippen LogP contribution in [0.5, 0.6) is 23.0 Å². The van der Waals surface area contributed by atoms with Crippen LogP contribution in [0.25, 0.3) is 0 Å². The van der Waals surface area contributed by atoms with E-state index >= 15 is 0 Å². The van der Waals surface area contributed by atoms with E-state index in [0.29, 0.717) is 59.3 Å². The number of hydrogen-bond donors (Lipinski definition) is 7. The van der Waals surface area contributed by atoms with Crippen LogP contribution in [0.1, 0.15) is 163 Å². The summed E-state index contributed by atoms with van der Waals surface area (Å²) < 4.78 is 30.8. The number of hydrogen-bond acceptors (Lipinski definition) is 15. The summed E-state index contributed by atoms with van der Waals surface area (Å²) in [7, 11) is 0. The normalized spacial score (nSPS) is 27.8. The molecule has 5 heterocycles. The van der Waals surface area contributed by atoms with E-state index in [0.717, 1.165) is 25.7 Å². The van der Waals surface area contributed by atoms with E-state index < -0.39 is 72.9 Å². The number of ether oxygens (including phenoxy) is 5. The Morgan fingerprint density at radius 3 is 1.85 bits per heavy atom. The number of allylic oxidation sites excluding steroid dienone is 8. The van der Waals surface area contributed by atoms with Crippen molar-refractivity contribution in [3.8, 4) is 23.0 Å². The molecular weight excluding hydrogens is 953 g/mol. The van der Waals surface area contributed by atoms with Crippen LogP contribution in [-0.2, 0) is 40.2 Å². The van der Waals surface area contributed by atoms with Gasteiger partial charge in [0, 0.05) is 48.1 Å². The fraction of sp³-hybridized carbons (Fsp3) is 0.596. The first-order chi connectivity index (χ1) is 35.1. The number of nitrogens with zero attached hydrogens (tertiary/aromatic N) is 2. The van der Waals surface area contributed by atoms with Gasteiger partial charge in [-0.1, -0.05) is 46.6 Å². The van der Waals surface area contributed by atoms with Crippen LogP contribution in [-0.4, -0.2) is 137 Å². The SMILES string of the molecule is CC(C)=CCC/C(C)=C/CC[C@@]1(C)Oc2c(c(O)cc3c2CN(CCCC(OC=O)N2Cc4c(cc(O[C@@H]5O[C@H](CO)[C@@H](O)[C@H](O)[C@H]5O)c5c4O[C@](C)(CC/C=C(\C)CCC=C(C)C)[C@@H](O)C5)C2=O)C3=O)C[C@@H]1O. The molecule has 17 heteroatoms. The molecule has 0 aromatic heterocycles. The molecule has 0 aliphatic carbocycles. The molecule has 2 aromatic rings. The molecule has 1 unspecified atom stereocenters. The van der Waals surface area contributed by atoms with Gasteiger partial charge in [0.2, 0.25) is 6.29 Å². The molecule has 5 aliphatic heterocycles. The molecule has 7 N–H and O–H groups in total. The van der Waals surface area contributed by atoms with Crippen LogP contribution in [0, 0.1) is 0 Å². The smallest absolute Gasteiger partial charge is 0.295 e. The number of carbonyl (C=O) groups excluding carboxylic acids is 3. The number of aliphatic hydroxyl groups is 6. The summed E-state index contributed by atoms with van der Waals surface area (Å²) >= 11 is 0. The summed E-state index contributed by atoms with van der Waals surface area (Å²) in [6, 6.07) is 2.86. The molecule has 0 radical (unpaired) electrons. The average Bonchev–Trinajstić information content (AvgIpc) is 3.84. The Kier molecular flexibility index (Phi) is 18.1. The molecule has 0 bridgehead atoms. The van der Waals surface area contributed by atoms with Gasteiger partial charge < -0.3 is 64.3 Å². The lowest BCUT2D eigenvalue weighted by atomic mass is 9.84. The fourth-order valence-electron chi connectivity index (χ4n) is 10.7. The minimum Gasteiger partial charge on any atom is -0.508 e. The van der Waals surface area contributed by atoms with Gasteiger partial charge in [0.25, 0.3) is 18.3 Å². The third-order valence-corrected chi connectivity index (χ3v) is 15.5. The maximum Gasteiger partial charge on any atom is 0.295 e. The van der Waals surface area contributed by atoms with Crippen molar-refractivity contribution in [1.82, 2.24) is 9.80 Å². The van der Waals surface area contributed by atoms with Crippen molar-refractivity contribution in [2.45, 2.75) is 206 Å². The Hall–Kier alpha value is -5.27. The van der Waals surface area contributed by atoms with Crippen molar-refractivity contribution in [3.63, 3.8) is 0 Å². The average molecular weight is 1030 g/mol. The van der Waals surface area contributed by atoms with E-state index in [1.807, 2.05) is 6.92 Å². The Morgan fingerprint density at radius 2 is 1.28 bits per heavy atom. The summed E-state index contributed by atoms with van der Waals surface area (Å²) in [6.07, 6.45) is 4.06. The predicted molar refractivity (Wildman–Crippen MR) is 275 cm³/mol. The lowest BCUT2D eigenvalue weighted by Crippen LogP contribution is -2.60. The molecule has 2 amide bonds.